The number of pyridine rings is 1. The second-order valence-corrected chi connectivity index (χ2v) is 7.74. The number of hydrogen-bond donors (Lipinski definition) is 1. The zero-order chi connectivity index (χ0) is 18.1. The third-order valence-electron chi connectivity index (χ3n) is 4.06. The number of hydrogen-bond acceptors (Lipinski definition) is 4. The van der Waals surface area contributed by atoms with E-state index in [4.69, 9.17) is 0 Å². The van der Waals surface area contributed by atoms with Gasteiger partial charge in [-0.25, -0.2) is 0 Å². The molecule has 0 spiro atoms. The molecule has 0 fully saturated rings. The first kappa shape index (κ1) is 16.9. The minimum atomic E-state index is -0.154. The number of aryl methyl sites for hydroxylation is 1. The lowest BCUT2D eigenvalue weighted by molar-refractivity contribution is 0.0943. The van der Waals surface area contributed by atoms with Crippen molar-refractivity contribution in [3.8, 4) is 10.4 Å². The molecule has 0 aliphatic rings. The highest BCUT2D eigenvalue weighted by Gasteiger charge is 2.16. The van der Waals surface area contributed by atoms with Gasteiger partial charge in [-0.3, -0.25) is 14.5 Å². The fourth-order valence-corrected chi connectivity index (χ4v) is 3.93. The lowest BCUT2D eigenvalue weighted by Gasteiger charge is -2.07. The SMILES string of the molecule is Cn1nc2cc(Br)ccc2c1C(=O)NCc1cncc(-c2cccs2)c1. The van der Waals surface area contributed by atoms with Crippen molar-refractivity contribution in [2.75, 3.05) is 0 Å². The maximum atomic E-state index is 12.7. The van der Waals surface area contributed by atoms with Gasteiger partial charge < -0.3 is 5.32 Å². The third-order valence-corrected chi connectivity index (χ3v) is 5.48. The molecule has 130 valence electrons. The highest BCUT2D eigenvalue weighted by molar-refractivity contribution is 9.10. The molecule has 4 aromatic rings. The molecule has 0 saturated heterocycles. The molecule has 0 aliphatic carbocycles. The van der Waals surface area contributed by atoms with Gasteiger partial charge in [0.05, 0.1) is 5.52 Å². The molecule has 1 N–H and O–H groups in total. The summed E-state index contributed by atoms with van der Waals surface area (Å²) in [7, 11) is 1.78. The number of thiophene rings is 1. The van der Waals surface area contributed by atoms with E-state index in [1.165, 1.54) is 0 Å². The van der Waals surface area contributed by atoms with Crippen molar-refractivity contribution >= 4 is 44.1 Å². The minimum Gasteiger partial charge on any atom is -0.347 e. The van der Waals surface area contributed by atoms with Crippen LogP contribution in [-0.4, -0.2) is 20.7 Å². The molecule has 3 aromatic heterocycles. The van der Waals surface area contributed by atoms with Crippen molar-refractivity contribution in [1.29, 1.82) is 0 Å². The molecule has 5 nitrogen and oxygen atoms in total. The summed E-state index contributed by atoms with van der Waals surface area (Å²) in [4.78, 5) is 18.2. The zero-order valence-corrected chi connectivity index (χ0v) is 16.3. The van der Waals surface area contributed by atoms with Crippen LogP contribution in [0, 0.1) is 0 Å². The van der Waals surface area contributed by atoms with Crippen LogP contribution in [0.15, 0.2) is 58.6 Å². The van der Waals surface area contributed by atoms with Crippen molar-refractivity contribution in [2.45, 2.75) is 6.54 Å². The average molecular weight is 427 g/mol. The van der Waals surface area contributed by atoms with E-state index in [0.717, 1.165) is 31.4 Å². The summed E-state index contributed by atoms with van der Waals surface area (Å²) in [6.07, 6.45) is 3.61. The van der Waals surface area contributed by atoms with Crippen LogP contribution in [0.5, 0.6) is 0 Å². The molecule has 1 aromatic carbocycles. The van der Waals surface area contributed by atoms with Crippen LogP contribution in [0.1, 0.15) is 16.1 Å². The van der Waals surface area contributed by atoms with E-state index < -0.39 is 0 Å². The molecule has 26 heavy (non-hydrogen) atoms. The predicted octanol–water partition coefficient (Wildman–Crippen LogP) is 4.39. The molecule has 0 unspecified atom stereocenters. The van der Waals surface area contributed by atoms with E-state index in [-0.39, 0.29) is 5.91 Å². The van der Waals surface area contributed by atoms with E-state index in [1.807, 2.05) is 35.8 Å². The maximum Gasteiger partial charge on any atom is 0.270 e. The minimum absolute atomic E-state index is 0.154. The van der Waals surface area contributed by atoms with Gasteiger partial charge in [-0.15, -0.1) is 11.3 Å². The number of rotatable bonds is 4. The van der Waals surface area contributed by atoms with Gasteiger partial charge in [-0.05, 0) is 41.3 Å². The van der Waals surface area contributed by atoms with Gasteiger partial charge in [-0.1, -0.05) is 22.0 Å². The van der Waals surface area contributed by atoms with Crippen LogP contribution in [0.4, 0.5) is 0 Å². The summed E-state index contributed by atoms with van der Waals surface area (Å²) < 4.78 is 2.55. The van der Waals surface area contributed by atoms with Gasteiger partial charge in [0.25, 0.3) is 5.91 Å². The van der Waals surface area contributed by atoms with Crippen molar-refractivity contribution in [3.63, 3.8) is 0 Å². The molecule has 0 saturated carbocycles. The van der Waals surface area contributed by atoms with Crippen LogP contribution in [0.2, 0.25) is 0 Å². The van der Waals surface area contributed by atoms with Crippen molar-refractivity contribution in [3.05, 3.63) is 69.9 Å². The summed E-state index contributed by atoms with van der Waals surface area (Å²) in [6, 6.07) is 11.8. The van der Waals surface area contributed by atoms with Crippen LogP contribution in [-0.2, 0) is 13.6 Å². The van der Waals surface area contributed by atoms with Crippen LogP contribution >= 0.6 is 27.3 Å². The predicted molar refractivity (Wildman–Crippen MR) is 107 cm³/mol. The number of fused-ring (bicyclic) bond motifs is 1. The second kappa shape index (κ2) is 7.01. The number of aromatic nitrogens is 3. The highest BCUT2D eigenvalue weighted by Crippen LogP contribution is 2.25. The monoisotopic (exact) mass is 426 g/mol. The first-order valence-electron chi connectivity index (χ1n) is 8.00. The number of carbonyl (C=O) groups is 1. The molecule has 3 heterocycles. The Balaban J connectivity index is 1.55. The summed E-state index contributed by atoms with van der Waals surface area (Å²) >= 11 is 5.10. The molecular formula is C19H15BrN4OS. The number of nitrogens with zero attached hydrogens (tertiary/aromatic N) is 3. The largest absolute Gasteiger partial charge is 0.347 e. The molecule has 4 rings (SSSR count). The van der Waals surface area contributed by atoms with Crippen molar-refractivity contribution < 1.29 is 4.79 Å². The standard InChI is InChI=1S/C19H15BrN4OS/c1-24-18(15-5-4-14(20)8-16(15)23-24)19(25)22-10-12-7-13(11-21-9-12)17-3-2-6-26-17/h2-9,11H,10H2,1H3,(H,22,25). The summed E-state index contributed by atoms with van der Waals surface area (Å²) in [6.45, 7) is 0.411. The van der Waals surface area contributed by atoms with Crippen LogP contribution in [0.25, 0.3) is 21.3 Å². The lowest BCUT2D eigenvalue weighted by atomic mass is 10.1. The summed E-state index contributed by atoms with van der Waals surface area (Å²) in [5.41, 5.74) is 3.35. The first-order valence-corrected chi connectivity index (χ1v) is 9.67. The lowest BCUT2D eigenvalue weighted by Crippen LogP contribution is -2.25. The fraction of sp³-hybridized carbons (Fsp3) is 0.105. The number of carbonyl (C=O) groups excluding carboxylic acids is 1. The van der Waals surface area contributed by atoms with Gasteiger partial charge in [0.1, 0.15) is 5.69 Å². The smallest absolute Gasteiger partial charge is 0.270 e. The van der Waals surface area contributed by atoms with Gasteiger partial charge >= 0.3 is 0 Å². The Hall–Kier alpha value is -2.51. The molecular weight excluding hydrogens is 412 g/mol. The quantitative estimate of drug-likeness (QED) is 0.526. The Labute approximate surface area is 162 Å². The molecule has 0 bridgehead atoms. The first-order chi connectivity index (χ1) is 12.6. The molecule has 0 radical (unpaired) electrons. The van der Waals surface area contributed by atoms with E-state index in [1.54, 1.807) is 29.3 Å². The average Bonchev–Trinajstić information content (AvgIpc) is 3.27. The summed E-state index contributed by atoms with van der Waals surface area (Å²) in [5.74, 6) is -0.154. The zero-order valence-electron chi connectivity index (χ0n) is 13.9. The Bertz CT molecular complexity index is 1090. The third kappa shape index (κ3) is 3.27. The number of benzene rings is 1. The van der Waals surface area contributed by atoms with Gasteiger partial charge in [0, 0.05) is 46.3 Å². The van der Waals surface area contributed by atoms with E-state index in [9.17, 15) is 4.79 Å². The van der Waals surface area contributed by atoms with Crippen molar-refractivity contribution in [1.82, 2.24) is 20.1 Å². The number of nitrogens with one attached hydrogen (secondary N) is 1. The van der Waals surface area contributed by atoms with Gasteiger partial charge in [-0.2, -0.15) is 5.10 Å². The fourth-order valence-electron chi connectivity index (χ4n) is 2.87. The Morgan fingerprint density at radius 2 is 2.15 bits per heavy atom. The summed E-state index contributed by atoms with van der Waals surface area (Å²) in [5, 5.41) is 10.3. The van der Waals surface area contributed by atoms with Crippen molar-refractivity contribution in [2.24, 2.45) is 7.05 Å². The topological polar surface area (TPSA) is 59.8 Å². The Morgan fingerprint density at radius 3 is 2.96 bits per heavy atom. The van der Waals surface area contributed by atoms with Crippen LogP contribution in [0.3, 0.4) is 0 Å². The molecule has 1 amide bonds. The Morgan fingerprint density at radius 1 is 1.27 bits per heavy atom. The van der Waals surface area contributed by atoms with E-state index in [2.05, 4.69) is 43.5 Å². The maximum absolute atomic E-state index is 12.7. The number of halogens is 1. The molecule has 0 aliphatic heterocycles. The molecule has 0 atom stereocenters. The van der Waals surface area contributed by atoms with E-state index >= 15 is 0 Å². The van der Waals surface area contributed by atoms with Gasteiger partial charge in [0.15, 0.2) is 0 Å². The molecule has 7 heteroatoms. The van der Waals surface area contributed by atoms with Gasteiger partial charge in [0.2, 0.25) is 0 Å². The normalized spacial score (nSPS) is 11.0. The highest BCUT2D eigenvalue weighted by atomic mass is 79.9. The Kier molecular flexibility index (Phi) is 4.57. The van der Waals surface area contributed by atoms with E-state index in [0.29, 0.717) is 12.2 Å². The van der Waals surface area contributed by atoms with Crippen LogP contribution < -0.4 is 5.32 Å². The second-order valence-electron chi connectivity index (χ2n) is 5.88. The number of amides is 1.